The van der Waals surface area contributed by atoms with Crippen molar-refractivity contribution in [3.8, 4) is 0 Å². The summed E-state index contributed by atoms with van der Waals surface area (Å²) in [5, 5.41) is 9.68. The van der Waals surface area contributed by atoms with Gasteiger partial charge in [-0.15, -0.1) is 0 Å². The van der Waals surface area contributed by atoms with E-state index in [4.69, 9.17) is 4.74 Å². The number of hydrogen-bond donors (Lipinski definition) is 3. The van der Waals surface area contributed by atoms with Crippen molar-refractivity contribution in [3.63, 3.8) is 0 Å². The quantitative estimate of drug-likeness (QED) is 0.325. The van der Waals surface area contributed by atoms with E-state index >= 15 is 0 Å². The smallest absolute Gasteiger partial charge is 0.227 e. The fourth-order valence-electron chi connectivity index (χ4n) is 3.39. The minimum absolute atomic E-state index is 0.157. The Kier molecular flexibility index (Phi) is 10.4. The number of amides is 1. The monoisotopic (exact) mass is 388 g/mol. The number of benzene rings is 1. The lowest BCUT2D eigenvalue weighted by atomic mass is 9.88. The highest BCUT2D eigenvalue weighted by Crippen LogP contribution is 2.25. The molecule has 3 N–H and O–H groups in total. The summed E-state index contributed by atoms with van der Waals surface area (Å²) in [6.45, 7) is 7.77. The summed E-state index contributed by atoms with van der Waals surface area (Å²) in [5.74, 6) is 1.12. The highest BCUT2D eigenvalue weighted by molar-refractivity contribution is 5.92. The Labute approximate surface area is 169 Å². The van der Waals surface area contributed by atoms with Crippen molar-refractivity contribution in [1.29, 1.82) is 0 Å². The van der Waals surface area contributed by atoms with Crippen molar-refractivity contribution in [2.45, 2.75) is 58.9 Å². The van der Waals surface area contributed by atoms with E-state index in [0.717, 1.165) is 75.6 Å². The third-order valence-electron chi connectivity index (χ3n) is 4.90. The van der Waals surface area contributed by atoms with Gasteiger partial charge in [-0.2, -0.15) is 0 Å². The molecular formula is C22H36N4O2. The highest BCUT2D eigenvalue weighted by atomic mass is 16.5. The van der Waals surface area contributed by atoms with E-state index in [-0.39, 0.29) is 11.8 Å². The van der Waals surface area contributed by atoms with Gasteiger partial charge in [-0.25, -0.2) is 4.99 Å². The number of rotatable bonds is 10. The first-order valence-corrected chi connectivity index (χ1v) is 10.7. The molecular weight excluding hydrogens is 352 g/mol. The minimum atomic E-state index is 0.157. The minimum Gasteiger partial charge on any atom is -0.382 e. The Hall–Kier alpha value is -2.08. The molecule has 0 spiro atoms. The fraction of sp³-hybridized carbons (Fsp3) is 0.636. The van der Waals surface area contributed by atoms with Crippen LogP contribution in [0.1, 0.15) is 57.9 Å². The summed E-state index contributed by atoms with van der Waals surface area (Å²) in [6.07, 6.45) is 6.55. The van der Waals surface area contributed by atoms with Crippen LogP contribution in [-0.4, -0.2) is 38.2 Å². The SMILES string of the molecule is CCNC(=NCc1cccc(NC(=O)C2CCCCC2)c1)NCCCOCC. The van der Waals surface area contributed by atoms with Crippen molar-refractivity contribution in [2.24, 2.45) is 10.9 Å². The number of carbonyl (C=O) groups excluding carboxylic acids is 1. The van der Waals surface area contributed by atoms with Crippen LogP contribution in [0.15, 0.2) is 29.3 Å². The van der Waals surface area contributed by atoms with E-state index in [1.54, 1.807) is 0 Å². The second kappa shape index (κ2) is 13.2. The third-order valence-corrected chi connectivity index (χ3v) is 4.90. The highest BCUT2D eigenvalue weighted by Gasteiger charge is 2.20. The Morgan fingerprint density at radius 3 is 2.75 bits per heavy atom. The van der Waals surface area contributed by atoms with E-state index in [1.165, 1.54) is 6.42 Å². The van der Waals surface area contributed by atoms with E-state index in [9.17, 15) is 4.79 Å². The molecule has 6 nitrogen and oxygen atoms in total. The summed E-state index contributed by atoms with van der Waals surface area (Å²) in [5.41, 5.74) is 1.94. The van der Waals surface area contributed by atoms with Gasteiger partial charge in [0.25, 0.3) is 0 Å². The first-order chi connectivity index (χ1) is 13.7. The largest absolute Gasteiger partial charge is 0.382 e. The van der Waals surface area contributed by atoms with Crippen molar-refractivity contribution in [3.05, 3.63) is 29.8 Å². The van der Waals surface area contributed by atoms with Gasteiger partial charge in [0.2, 0.25) is 5.91 Å². The van der Waals surface area contributed by atoms with Crippen LogP contribution in [-0.2, 0) is 16.1 Å². The van der Waals surface area contributed by atoms with Crippen LogP contribution in [0.3, 0.4) is 0 Å². The van der Waals surface area contributed by atoms with E-state index in [1.807, 2.05) is 31.2 Å². The molecule has 1 aliphatic rings. The third kappa shape index (κ3) is 8.30. The molecule has 0 atom stereocenters. The molecule has 156 valence electrons. The van der Waals surface area contributed by atoms with Gasteiger partial charge in [0, 0.05) is 37.9 Å². The molecule has 0 aliphatic heterocycles. The number of hydrogen-bond acceptors (Lipinski definition) is 3. The van der Waals surface area contributed by atoms with Crippen molar-refractivity contribution in [1.82, 2.24) is 10.6 Å². The molecule has 1 amide bonds. The van der Waals surface area contributed by atoms with Gasteiger partial charge in [0.1, 0.15) is 0 Å². The Balaban J connectivity index is 1.86. The predicted octanol–water partition coefficient (Wildman–Crippen LogP) is 3.69. The maximum atomic E-state index is 12.5. The van der Waals surface area contributed by atoms with Gasteiger partial charge in [0.15, 0.2) is 5.96 Å². The number of nitrogens with one attached hydrogen (secondary N) is 3. The Morgan fingerprint density at radius 1 is 1.18 bits per heavy atom. The average molecular weight is 389 g/mol. The van der Waals surface area contributed by atoms with Crippen LogP contribution < -0.4 is 16.0 Å². The van der Waals surface area contributed by atoms with E-state index in [2.05, 4.69) is 27.9 Å². The van der Waals surface area contributed by atoms with Crippen molar-refractivity contribution < 1.29 is 9.53 Å². The van der Waals surface area contributed by atoms with E-state index < -0.39 is 0 Å². The molecule has 1 aromatic rings. The number of ether oxygens (including phenoxy) is 1. The molecule has 2 rings (SSSR count). The molecule has 0 bridgehead atoms. The second-order valence-corrected chi connectivity index (χ2v) is 7.20. The molecule has 1 fully saturated rings. The zero-order chi connectivity index (χ0) is 20.0. The number of carbonyl (C=O) groups is 1. The maximum absolute atomic E-state index is 12.5. The number of guanidine groups is 1. The molecule has 1 saturated carbocycles. The topological polar surface area (TPSA) is 74.8 Å². The molecule has 1 aromatic carbocycles. The number of nitrogens with zero attached hydrogens (tertiary/aromatic N) is 1. The lowest BCUT2D eigenvalue weighted by Gasteiger charge is -2.20. The van der Waals surface area contributed by atoms with Gasteiger partial charge < -0.3 is 20.7 Å². The first-order valence-electron chi connectivity index (χ1n) is 10.7. The first kappa shape index (κ1) is 22.2. The normalized spacial score (nSPS) is 15.3. The zero-order valence-corrected chi connectivity index (χ0v) is 17.4. The summed E-state index contributed by atoms with van der Waals surface area (Å²) in [6, 6.07) is 7.98. The molecule has 0 unspecified atom stereocenters. The van der Waals surface area contributed by atoms with Gasteiger partial charge in [-0.3, -0.25) is 4.79 Å². The molecule has 28 heavy (non-hydrogen) atoms. The van der Waals surface area contributed by atoms with Crippen molar-refractivity contribution >= 4 is 17.6 Å². The number of anilines is 1. The van der Waals surface area contributed by atoms with Crippen LogP contribution in [0.25, 0.3) is 0 Å². The van der Waals surface area contributed by atoms with Crippen LogP contribution in [0.2, 0.25) is 0 Å². The summed E-state index contributed by atoms with van der Waals surface area (Å²) in [7, 11) is 0. The summed E-state index contributed by atoms with van der Waals surface area (Å²) >= 11 is 0. The van der Waals surface area contributed by atoms with Crippen LogP contribution in [0, 0.1) is 5.92 Å². The maximum Gasteiger partial charge on any atom is 0.227 e. The van der Waals surface area contributed by atoms with Crippen LogP contribution in [0.5, 0.6) is 0 Å². The standard InChI is InChI=1S/C22H36N4O2/c1-3-23-22(24-14-9-15-28-4-2)25-17-18-10-8-13-20(16-18)26-21(27)19-11-6-5-7-12-19/h8,10,13,16,19H,3-7,9,11-12,14-15,17H2,1-2H3,(H,26,27)(H2,23,24,25). The summed E-state index contributed by atoms with van der Waals surface area (Å²) in [4.78, 5) is 17.1. The Morgan fingerprint density at radius 2 is 2.00 bits per heavy atom. The predicted molar refractivity (Wildman–Crippen MR) is 116 cm³/mol. The molecule has 0 radical (unpaired) electrons. The molecule has 0 heterocycles. The van der Waals surface area contributed by atoms with Crippen LogP contribution in [0.4, 0.5) is 5.69 Å². The van der Waals surface area contributed by atoms with Gasteiger partial charge in [-0.05, 0) is 50.8 Å². The average Bonchev–Trinajstić information content (AvgIpc) is 2.72. The van der Waals surface area contributed by atoms with Gasteiger partial charge in [-0.1, -0.05) is 31.4 Å². The molecule has 0 saturated heterocycles. The van der Waals surface area contributed by atoms with Crippen LogP contribution >= 0.6 is 0 Å². The lowest BCUT2D eigenvalue weighted by molar-refractivity contribution is -0.120. The second-order valence-electron chi connectivity index (χ2n) is 7.20. The van der Waals surface area contributed by atoms with Gasteiger partial charge in [0.05, 0.1) is 6.54 Å². The zero-order valence-electron chi connectivity index (χ0n) is 17.4. The fourth-order valence-corrected chi connectivity index (χ4v) is 3.39. The Bertz CT molecular complexity index is 612. The van der Waals surface area contributed by atoms with E-state index in [0.29, 0.717) is 6.54 Å². The van der Waals surface area contributed by atoms with Crippen molar-refractivity contribution in [2.75, 3.05) is 31.6 Å². The molecule has 6 heteroatoms. The molecule has 1 aliphatic carbocycles. The summed E-state index contributed by atoms with van der Waals surface area (Å²) < 4.78 is 5.36. The number of aliphatic imine (C=N–C) groups is 1. The molecule has 0 aromatic heterocycles. The lowest BCUT2D eigenvalue weighted by Crippen LogP contribution is -2.38. The van der Waals surface area contributed by atoms with Gasteiger partial charge >= 0.3 is 0 Å².